The summed E-state index contributed by atoms with van der Waals surface area (Å²) in [4.78, 5) is 0. The van der Waals surface area contributed by atoms with E-state index in [1.807, 2.05) is 19.1 Å². The average Bonchev–Trinajstić information content (AvgIpc) is 1.96. The van der Waals surface area contributed by atoms with Crippen LogP contribution in [0.1, 0.15) is 19.8 Å². The molecular formula is C8H12N2. The van der Waals surface area contributed by atoms with Crippen molar-refractivity contribution in [1.82, 2.24) is 0 Å². The molecule has 0 heterocycles. The standard InChI is InChI=1S/C8H12N2/c1-8(6-9)5-3-2-4-7(8)10/h2-3,7H,4-5,10H2,1H3/t7-,8?/m0/s1. The number of nitrogens with two attached hydrogens (primary N) is 1. The van der Waals surface area contributed by atoms with Gasteiger partial charge in [0.05, 0.1) is 11.5 Å². The largest absolute Gasteiger partial charge is 0.326 e. The van der Waals surface area contributed by atoms with Crippen molar-refractivity contribution < 1.29 is 0 Å². The van der Waals surface area contributed by atoms with Gasteiger partial charge in [-0.1, -0.05) is 12.2 Å². The Kier molecular flexibility index (Phi) is 1.78. The van der Waals surface area contributed by atoms with Crippen LogP contribution in [0.2, 0.25) is 0 Å². The molecule has 0 aliphatic heterocycles. The Morgan fingerprint density at radius 2 is 2.40 bits per heavy atom. The molecule has 0 amide bonds. The molecule has 0 fully saturated rings. The molecule has 1 aliphatic carbocycles. The fraction of sp³-hybridized carbons (Fsp3) is 0.625. The third-order valence-electron chi connectivity index (χ3n) is 2.17. The molecule has 0 spiro atoms. The molecule has 10 heavy (non-hydrogen) atoms. The first-order valence-electron chi connectivity index (χ1n) is 3.51. The van der Waals surface area contributed by atoms with Crippen molar-refractivity contribution >= 4 is 0 Å². The maximum atomic E-state index is 8.76. The van der Waals surface area contributed by atoms with Crippen LogP contribution in [0.4, 0.5) is 0 Å². The van der Waals surface area contributed by atoms with Gasteiger partial charge in [0.15, 0.2) is 0 Å². The van der Waals surface area contributed by atoms with E-state index in [-0.39, 0.29) is 11.5 Å². The van der Waals surface area contributed by atoms with Crippen LogP contribution in [0.15, 0.2) is 12.2 Å². The topological polar surface area (TPSA) is 49.8 Å². The summed E-state index contributed by atoms with van der Waals surface area (Å²) in [6.45, 7) is 1.92. The van der Waals surface area contributed by atoms with Gasteiger partial charge in [0.25, 0.3) is 0 Å². The summed E-state index contributed by atoms with van der Waals surface area (Å²) in [5.41, 5.74) is 5.43. The van der Waals surface area contributed by atoms with Gasteiger partial charge in [0.2, 0.25) is 0 Å². The van der Waals surface area contributed by atoms with Crippen molar-refractivity contribution in [3.05, 3.63) is 12.2 Å². The van der Waals surface area contributed by atoms with Gasteiger partial charge >= 0.3 is 0 Å². The van der Waals surface area contributed by atoms with Crippen LogP contribution in [-0.2, 0) is 0 Å². The quantitative estimate of drug-likeness (QED) is 0.508. The van der Waals surface area contributed by atoms with Gasteiger partial charge in [-0.05, 0) is 19.8 Å². The zero-order valence-corrected chi connectivity index (χ0v) is 6.17. The van der Waals surface area contributed by atoms with Crippen LogP contribution in [0.25, 0.3) is 0 Å². The normalized spacial score (nSPS) is 39.1. The SMILES string of the molecule is CC1(C#N)CC=CC[C@@H]1N. The maximum absolute atomic E-state index is 8.76. The summed E-state index contributed by atoms with van der Waals surface area (Å²) in [6, 6.07) is 2.27. The molecule has 0 aromatic carbocycles. The van der Waals surface area contributed by atoms with Gasteiger partial charge in [-0.3, -0.25) is 0 Å². The molecule has 54 valence electrons. The summed E-state index contributed by atoms with van der Waals surface area (Å²) < 4.78 is 0. The Bertz CT molecular complexity index is 190. The van der Waals surface area contributed by atoms with Gasteiger partial charge in [-0.25, -0.2) is 0 Å². The Labute approximate surface area is 61.3 Å². The van der Waals surface area contributed by atoms with E-state index in [0.717, 1.165) is 12.8 Å². The molecule has 2 atom stereocenters. The van der Waals surface area contributed by atoms with Gasteiger partial charge < -0.3 is 5.73 Å². The zero-order valence-electron chi connectivity index (χ0n) is 6.17. The van der Waals surface area contributed by atoms with Crippen LogP contribution in [-0.4, -0.2) is 6.04 Å². The molecule has 0 aromatic rings. The molecule has 2 N–H and O–H groups in total. The summed E-state index contributed by atoms with van der Waals surface area (Å²) in [5.74, 6) is 0. The number of allylic oxidation sites excluding steroid dienone is 1. The van der Waals surface area contributed by atoms with Crippen molar-refractivity contribution in [1.29, 1.82) is 5.26 Å². The molecule has 2 nitrogen and oxygen atoms in total. The van der Waals surface area contributed by atoms with E-state index in [0.29, 0.717) is 0 Å². The summed E-state index contributed by atoms with van der Waals surface area (Å²) in [7, 11) is 0. The molecule has 0 aromatic heterocycles. The third-order valence-corrected chi connectivity index (χ3v) is 2.17. The van der Waals surface area contributed by atoms with Crippen LogP contribution < -0.4 is 5.73 Å². The predicted octanol–water partition coefficient (Wildman–Crippen LogP) is 1.19. The van der Waals surface area contributed by atoms with Gasteiger partial charge in [-0.2, -0.15) is 5.26 Å². The number of hydrogen-bond donors (Lipinski definition) is 1. The highest BCUT2D eigenvalue weighted by Gasteiger charge is 2.31. The third kappa shape index (κ3) is 1.05. The Balaban J connectivity index is 2.78. The lowest BCUT2D eigenvalue weighted by Crippen LogP contribution is -2.39. The van der Waals surface area contributed by atoms with Crippen LogP contribution >= 0.6 is 0 Å². The van der Waals surface area contributed by atoms with Crippen molar-refractivity contribution in [2.24, 2.45) is 11.1 Å². The molecule has 1 unspecified atom stereocenters. The molecule has 1 rings (SSSR count). The predicted molar refractivity (Wildman–Crippen MR) is 40.1 cm³/mol. The summed E-state index contributed by atoms with van der Waals surface area (Å²) in [5, 5.41) is 8.76. The molecule has 0 saturated carbocycles. The Hall–Kier alpha value is -0.810. The minimum absolute atomic E-state index is 0.0162. The highest BCUT2D eigenvalue weighted by atomic mass is 14.7. The lowest BCUT2D eigenvalue weighted by atomic mass is 9.76. The minimum Gasteiger partial charge on any atom is -0.326 e. The van der Waals surface area contributed by atoms with Crippen LogP contribution in [0.5, 0.6) is 0 Å². The second-order valence-corrected chi connectivity index (χ2v) is 3.05. The molecule has 0 bridgehead atoms. The highest BCUT2D eigenvalue weighted by molar-refractivity contribution is 5.12. The smallest absolute Gasteiger partial charge is 0.0733 e. The fourth-order valence-electron chi connectivity index (χ4n) is 1.11. The molecule has 0 radical (unpaired) electrons. The van der Waals surface area contributed by atoms with E-state index in [4.69, 9.17) is 11.0 Å². The van der Waals surface area contributed by atoms with E-state index in [2.05, 4.69) is 6.07 Å². The molecule has 2 heteroatoms. The first kappa shape index (κ1) is 7.30. The van der Waals surface area contributed by atoms with Gasteiger partial charge in [0, 0.05) is 6.04 Å². The Morgan fingerprint density at radius 1 is 1.70 bits per heavy atom. The van der Waals surface area contributed by atoms with E-state index < -0.39 is 0 Å². The zero-order chi connectivity index (χ0) is 7.61. The molecule has 1 aliphatic rings. The van der Waals surface area contributed by atoms with Gasteiger partial charge in [0.1, 0.15) is 0 Å². The average molecular weight is 136 g/mol. The summed E-state index contributed by atoms with van der Waals surface area (Å²) in [6.07, 6.45) is 5.71. The van der Waals surface area contributed by atoms with Crippen molar-refractivity contribution in [2.45, 2.75) is 25.8 Å². The van der Waals surface area contributed by atoms with Gasteiger partial charge in [-0.15, -0.1) is 0 Å². The number of hydrogen-bond acceptors (Lipinski definition) is 2. The van der Waals surface area contributed by atoms with E-state index in [9.17, 15) is 0 Å². The number of nitrogens with zero attached hydrogens (tertiary/aromatic N) is 1. The van der Waals surface area contributed by atoms with Crippen molar-refractivity contribution in [2.75, 3.05) is 0 Å². The Morgan fingerprint density at radius 3 is 2.80 bits per heavy atom. The highest BCUT2D eigenvalue weighted by Crippen LogP contribution is 2.29. The van der Waals surface area contributed by atoms with E-state index in [1.54, 1.807) is 0 Å². The minimum atomic E-state index is -0.325. The first-order chi connectivity index (χ1) is 4.69. The lowest BCUT2D eigenvalue weighted by Gasteiger charge is -2.29. The number of rotatable bonds is 0. The maximum Gasteiger partial charge on any atom is 0.0733 e. The van der Waals surface area contributed by atoms with Crippen LogP contribution in [0.3, 0.4) is 0 Å². The lowest BCUT2D eigenvalue weighted by molar-refractivity contribution is 0.338. The van der Waals surface area contributed by atoms with E-state index >= 15 is 0 Å². The second kappa shape index (κ2) is 2.43. The molecular weight excluding hydrogens is 124 g/mol. The van der Waals surface area contributed by atoms with Crippen molar-refractivity contribution in [3.8, 4) is 6.07 Å². The van der Waals surface area contributed by atoms with Crippen LogP contribution in [0, 0.1) is 16.7 Å². The monoisotopic (exact) mass is 136 g/mol. The van der Waals surface area contributed by atoms with Crippen molar-refractivity contribution in [3.63, 3.8) is 0 Å². The number of nitriles is 1. The summed E-state index contributed by atoms with van der Waals surface area (Å²) >= 11 is 0. The fourth-order valence-corrected chi connectivity index (χ4v) is 1.11. The second-order valence-electron chi connectivity index (χ2n) is 3.05. The first-order valence-corrected chi connectivity index (χ1v) is 3.51. The molecule has 0 saturated heterocycles. The van der Waals surface area contributed by atoms with E-state index in [1.165, 1.54) is 0 Å².